The summed E-state index contributed by atoms with van der Waals surface area (Å²) < 4.78 is 1.17. The molecule has 4 rings (SSSR count). The van der Waals surface area contributed by atoms with Crippen LogP contribution in [-0.4, -0.2) is 82.2 Å². The SMILES string of the molecule is CCCC(=O)N1CCC(N(C(=O)Nc2ncc(SCCN3CCCCCC3)s2)C2CCC(C)CC2)CC1. The summed E-state index contributed by atoms with van der Waals surface area (Å²) in [5, 5.41) is 3.86. The Morgan fingerprint density at radius 1 is 1.03 bits per heavy atom. The van der Waals surface area contributed by atoms with Crippen LogP contribution >= 0.6 is 23.1 Å². The van der Waals surface area contributed by atoms with Gasteiger partial charge in [0, 0.05) is 43.9 Å². The van der Waals surface area contributed by atoms with Crippen molar-refractivity contribution in [3.63, 3.8) is 0 Å². The van der Waals surface area contributed by atoms with Gasteiger partial charge in [-0.1, -0.05) is 38.0 Å². The maximum Gasteiger partial charge on any atom is 0.324 e. The van der Waals surface area contributed by atoms with E-state index in [1.807, 2.05) is 22.9 Å². The summed E-state index contributed by atoms with van der Waals surface area (Å²) >= 11 is 3.45. The largest absolute Gasteiger partial charge is 0.343 e. The van der Waals surface area contributed by atoms with E-state index in [0.29, 0.717) is 11.6 Å². The molecule has 0 atom stereocenters. The molecule has 1 N–H and O–H groups in total. The molecule has 3 amide bonds. The zero-order valence-corrected chi connectivity index (χ0v) is 24.6. The van der Waals surface area contributed by atoms with Crippen molar-refractivity contribution in [2.75, 3.05) is 43.8 Å². The zero-order chi connectivity index (χ0) is 26.0. The van der Waals surface area contributed by atoms with Crippen LogP contribution < -0.4 is 5.32 Å². The maximum atomic E-state index is 13.7. The second kappa shape index (κ2) is 14.7. The first-order valence-corrected chi connectivity index (χ1v) is 16.5. The van der Waals surface area contributed by atoms with Crippen molar-refractivity contribution in [3.05, 3.63) is 6.20 Å². The number of hydrogen-bond acceptors (Lipinski definition) is 6. The molecule has 1 aliphatic carbocycles. The number of thiazole rings is 1. The van der Waals surface area contributed by atoms with Gasteiger partial charge in [0.2, 0.25) is 5.91 Å². The van der Waals surface area contributed by atoms with E-state index in [9.17, 15) is 9.59 Å². The fourth-order valence-corrected chi connectivity index (χ4v) is 8.03. The number of piperidine rings is 1. The molecule has 1 aromatic rings. The third-order valence-corrected chi connectivity index (χ3v) is 10.4. The van der Waals surface area contributed by atoms with E-state index in [4.69, 9.17) is 0 Å². The van der Waals surface area contributed by atoms with Gasteiger partial charge in [-0.3, -0.25) is 10.1 Å². The minimum Gasteiger partial charge on any atom is -0.343 e. The van der Waals surface area contributed by atoms with E-state index in [2.05, 4.69) is 33.9 Å². The fraction of sp³-hybridized carbons (Fsp3) is 0.821. The van der Waals surface area contributed by atoms with Gasteiger partial charge in [0.1, 0.15) is 0 Å². The topological polar surface area (TPSA) is 68.8 Å². The molecule has 0 aromatic carbocycles. The molecule has 3 heterocycles. The van der Waals surface area contributed by atoms with Gasteiger partial charge in [-0.25, -0.2) is 9.78 Å². The van der Waals surface area contributed by atoms with Gasteiger partial charge >= 0.3 is 6.03 Å². The molecular formula is C28H47N5O2S2. The quantitative estimate of drug-likeness (QED) is 0.365. The van der Waals surface area contributed by atoms with E-state index in [1.54, 1.807) is 11.3 Å². The maximum absolute atomic E-state index is 13.7. The van der Waals surface area contributed by atoms with E-state index in [1.165, 1.54) is 55.8 Å². The summed E-state index contributed by atoms with van der Waals surface area (Å²) in [7, 11) is 0. The second-order valence-corrected chi connectivity index (χ2v) is 13.6. The number of nitrogens with one attached hydrogen (secondary N) is 1. The molecule has 0 spiro atoms. The number of rotatable bonds is 9. The molecule has 1 aromatic heterocycles. The molecule has 0 bridgehead atoms. The number of aromatic nitrogens is 1. The Morgan fingerprint density at radius 2 is 1.70 bits per heavy atom. The molecule has 3 fully saturated rings. The number of thioether (sulfide) groups is 1. The summed E-state index contributed by atoms with van der Waals surface area (Å²) in [6.45, 7) is 9.46. The van der Waals surface area contributed by atoms with Gasteiger partial charge < -0.3 is 14.7 Å². The van der Waals surface area contributed by atoms with Crippen LogP contribution in [0, 0.1) is 5.92 Å². The standard InChI is InChI=1S/C28H47N5O2S2/c1-3-8-25(34)32-17-13-24(14-18-32)33(23-11-9-22(2)10-12-23)28(35)30-27-29-21-26(37-27)36-20-19-31-15-6-4-5-7-16-31/h21-24H,3-20H2,1-2H3,(H,29,30,35). The predicted molar refractivity (Wildman–Crippen MR) is 155 cm³/mol. The number of amides is 3. The summed E-state index contributed by atoms with van der Waals surface area (Å²) in [6, 6.07) is 0.460. The Kier molecular flexibility index (Phi) is 11.4. The third-order valence-electron chi connectivity index (χ3n) is 8.34. The first-order valence-electron chi connectivity index (χ1n) is 14.7. The van der Waals surface area contributed by atoms with Crippen molar-refractivity contribution in [1.82, 2.24) is 19.7 Å². The summed E-state index contributed by atoms with van der Waals surface area (Å²) in [5.74, 6) is 2.06. The number of likely N-dealkylation sites (tertiary alicyclic amines) is 2. The van der Waals surface area contributed by atoms with E-state index >= 15 is 0 Å². The number of nitrogens with zero attached hydrogens (tertiary/aromatic N) is 4. The Labute approximate surface area is 232 Å². The second-order valence-electron chi connectivity index (χ2n) is 11.2. The van der Waals surface area contributed by atoms with Gasteiger partial charge in [0.05, 0.1) is 10.4 Å². The van der Waals surface area contributed by atoms with Crippen molar-refractivity contribution in [3.8, 4) is 0 Å². The van der Waals surface area contributed by atoms with Crippen LogP contribution in [-0.2, 0) is 4.79 Å². The van der Waals surface area contributed by atoms with Gasteiger partial charge in [-0.05, 0) is 76.8 Å². The smallest absolute Gasteiger partial charge is 0.324 e. The number of carbonyl (C=O) groups excluding carboxylic acids is 2. The monoisotopic (exact) mass is 549 g/mol. The molecule has 37 heavy (non-hydrogen) atoms. The molecule has 3 aliphatic rings. The lowest BCUT2D eigenvalue weighted by Crippen LogP contribution is -2.54. The van der Waals surface area contributed by atoms with Crippen LogP contribution in [0.25, 0.3) is 0 Å². The predicted octanol–water partition coefficient (Wildman–Crippen LogP) is 6.31. The van der Waals surface area contributed by atoms with E-state index < -0.39 is 0 Å². The van der Waals surface area contributed by atoms with E-state index in [0.717, 1.165) is 63.4 Å². The van der Waals surface area contributed by atoms with Crippen molar-refractivity contribution in [2.24, 2.45) is 5.92 Å². The fourth-order valence-electron chi connectivity index (χ4n) is 6.09. The molecular weight excluding hydrogens is 502 g/mol. The van der Waals surface area contributed by atoms with Crippen LogP contribution in [0.4, 0.5) is 9.93 Å². The Hall–Kier alpha value is -1.32. The van der Waals surface area contributed by atoms with Gasteiger partial charge in [-0.15, -0.1) is 11.8 Å². The number of hydrogen-bond donors (Lipinski definition) is 1. The van der Waals surface area contributed by atoms with Crippen LogP contribution in [0.2, 0.25) is 0 Å². The number of carbonyl (C=O) groups is 2. The van der Waals surface area contributed by atoms with Crippen molar-refractivity contribution in [1.29, 1.82) is 0 Å². The molecule has 7 nitrogen and oxygen atoms in total. The van der Waals surface area contributed by atoms with E-state index in [-0.39, 0.29) is 24.0 Å². The molecule has 0 unspecified atom stereocenters. The number of anilines is 1. The van der Waals surface area contributed by atoms with Gasteiger partial charge in [0.25, 0.3) is 0 Å². The average Bonchev–Trinajstić information content (AvgIpc) is 3.17. The Balaban J connectivity index is 1.32. The van der Waals surface area contributed by atoms with Crippen molar-refractivity contribution in [2.45, 2.75) is 107 Å². The average molecular weight is 550 g/mol. The molecule has 2 saturated heterocycles. The zero-order valence-electron chi connectivity index (χ0n) is 23.0. The minimum atomic E-state index is -0.00615. The molecule has 0 radical (unpaired) electrons. The first kappa shape index (κ1) is 28.7. The first-order chi connectivity index (χ1) is 18.0. The summed E-state index contributed by atoms with van der Waals surface area (Å²) in [4.78, 5) is 37.3. The Morgan fingerprint density at radius 3 is 2.38 bits per heavy atom. The minimum absolute atomic E-state index is 0.00615. The van der Waals surface area contributed by atoms with Gasteiger partial charge in [0.15, 0.2) is 5.13 Å². The lowest BCUT2D eigenvalue weighted by molar-refractivity contribution is -0.132. The third kappa shape index (κ3) is 8.59. The van der Waals surface area contributed by atoms with Crippen molar-refractivity contribution < 1.29 is 9.59 Å². The highest BCUT2D eigenvalue weighted by Gasteiger charge is 2.35. The normalized spacial score (nSPS) is 24.0. The van der Waals surface area contributed by atoms with Gasteiger partial charge in [-0.2, -0.15) is 0 Å². The number of urea groups is 1. The summed E-state index contributed by atoms with van der Waals surface area (Å²) in [5.41, 5.74) is 0. The lowest BCUT2D eigenvalue weighted by Gasteiger charge is -2.44. The van der Waals surface area contributed by atoms with Crippen LogP contribution in [0.3, 0.4) is 0 Å². The molecule has 208 valence electrons. The highest BCUT2D eigenvalue weighted by atomic mass is 32.2. The lowest BCUT2D eigenvalue weighted by atomic mass is 9.85. The highest BCUT2D eigenvalue weighted by Crippen LogP contribution is 2.33. The van der Waals surface area contributed by atoms with Crippen LogP contribution in [0.15, 0.2) is 10.4 Å². The van der Waals surface area contributed by atoms with Crippen LogP contribution in [0.5, 0.6) is 0 Å². The molecule has 2 aliphatic heterocycles. The molecule has 1 saturated carbocycles. The highest BCUT2D eigenvalue weighted by molar-refractivity contribution is 8.01. The summed E-state index contributed by atoms with van der Waals surface area (Å²) in [6.07, 6.45) is 15.0. The van der Waals surface area contributed by atoms with Crippen LogP contribution in [0.1, 0.15) is 90.9 Å². The van der Waals surface area contributed by atoms with Crippen molar-refractivity contribution >= 4 is 40.2 Å². The molecule has 9 heteroatoms. The Bertz CT molecular complexity index is 841.